The summed E-state index contributed by atoms with van der Waals surface area (Å²) in [5.74, 6) is -0.0861. The van der Waals surface area contributed by atoms with E-state index in [-0.39, 0.29) is 5.57 Å². The summed E-state index contributed by atoms with van der Waals surface area (Å²) in [5, 5.41) is 2.94. The van der Waals surface area contributed by atoms with Crippen LogP contribution >= 0.6 is 0 Å². The van der Waals surface area contributed by atoms with Gasteiger partial charge in [0.15, 0.2) is 0 Å². The number of carbonyl (C=O) groups is 1. The van der Waals surface area contributed by atoms with Crippen molar-refractivity contribution in [1.29, 1.82) is 0 Å². The van der Waals surface area contributed by atoms with Crippen molar-refractivity contribution in [3.8, 4) is 5.75 Å². The molecule has 19 heavy (non-hydrogen) atoms. The van der Waals surface area contributed by atoms with E-state index in [9.17, 15) is 4.79 Å². The quantitative estimate of drug-likeness (QED) is 0.280. The van der Waals surface area contributed by atoms with Gasteiger partial charge in [0, 0.05) is 18.9 Å². The first-order valence-electron chi connectivity index (χ1n) is 5.60. The van der Waals surface area contributed by atoms with Gasteiger partial charge in [-0.25, -0.2) is 4.79 Å². The molecule has 4 nitrogen and oxygen atoms in total. The Bertz CT molecular complexity index is 528. The highest BCUT2D eigenvalue weighted by Gasteiger charge is 2.08. The highest BCUT2D eigenvalue weighted by atomic mass is 16.5. The Labute approximate surface area is 112 Å². The van der Waals surface area contributed by atoms with Gasteiger partial charge in [-0.3, -0.25) is 4.99 Å². The predicted octanol–water partition coefficient (Wildman–Crippen LogP) is 2.55. The number of hydrogen-bond donors (Lipinski definition) is 1. The van der Waals surface area contributed by atoms with Crippen molar-refractivity contribution >= 4 is 18.4 Å². The third-order valence-electron chi connectivity index (χ3n) is 2.40. The second kappa shape index (κ2) is 6.96. The molecule has 0 amide bonds. The molecular weight excluding hydrogens is 240 g/mol. The second-order valence-electron chi connectivity index (χ2n) is 3.61. The molecule has 0 saturated heterocycles. The van der Waals surface area contributed by atoms with Crippen LogP contribution in [0.4, 0.5) is 0 Å². The second-order valence-corrected chi connectivity index (χ2v) is 3.61. The summed E-state index contributed by atoms with van der Waals surface area (Å²) in [6, 6.07) is 7.00. The molecule has 0 fully saturated rings. The highest BCUT2D eigenvalue weighted by molar-refractivity contribution is 5.93. The summed E-state index contributed by atoms with van der Waals surface area (Å²) in [6.45, 7) is 10.6. The maximum absolute atomic E-state index is 11.7. The summed E-state index contributed by atoms with van der Waals surface area (Å²) in [7, 11) is 1.79. The standard InChI is InChI=1S/C15H16N2O2/c1-5-12(10-16-3)15(18)19-14-8-6-13(7-9-14)11(2)17-4/h5-10,17H,1-3H2,4H3/b12-10+. The molecule has 1 aromatic rings. The fourth-order valence-electron chi connectivity index (χ4n) is 1.32. The first-order chi connectivity index (χ1) is 9.12. The van der Waals surface area contributed by atoms with Crippen molar-refractivity contribution in [2.45, 2.75) is 0 Å². The number of nitrogens with one attached hydrogen (secondary N) is 1. The molecule has 0 bridgehead atoms. The minimum atomic E-state index is -0.525. The summed E-state index contributed by atoms with van der Waals surface area (Å²) in [6.07, 6.45) is 2.67. The van der Waals surface area contributed by atoms with E-state index in [0.717, 1.165) is 11.3 Å². The molecule has 0 spiro atoms. The minimum Gasteiger partial charge on any atom is -0.423 e. The molecule has 0 radical (unpaired) electrons. The molecule has 0 heterocycles. The van der Waals surface area contributed by atoms with Crippen LogP contribution in [0.15, 0.2) is 60.3 Å². The van der Waals surface area contributed by atoms with E-state index in [1.165, 1.54) is 12.3 Å². The lowest BCUT2D eigenvalue weighted by atomic mass is 10.2. The van der Waals surface area contributed by atoms with Gasteiger partial charge in [0.2, 0.25) is 0 Å². The first-order valence-corrected chi connectivity index (χ1v) is 5.60. The van der Waals surface area contributed by atoms with Crippen LogP contribution in [-0.2, 0) is 4.79 Å². The van der Waals surface area contributed by atoms with Crippen LogP contribution in [0.3, 0.4) is 0 Å². The van der Waals surface area contributed by atoms with Crippen molar-refractivity contribution in [2.24, 2.45) is 4.99 Å². The van der Waals surface area contributed by atoms with Crippen molar-refractivity contribution in [1.82, 2.24) is 5.32 Å². The molecule has 1 aromatic carbocycles. The van der Waals surface area contributed by atoms with Gasteiger partial charge in [-0.2, -0.15) is 0 Å². The minimum absolute atomic E-state index is 0.249. The van der Waals surface area contributed by atoms with Gasteiger partial charge >= 0.3 is 5.97 Å². The van der Waals surface area contributed by atoms with Crippen LogP contribution in [0.1, 0.15) is 5.56 Å². The molecule has 1 rings (SSSR count). The number of ether oxygens (including phenoxy) is 1. The van der Waals surface area contributed by atoms with Crippen molar-refractivity contribution in [3.63, 3.8) is 0 Å². The van der Waals surface area contributed by atoms with E-state index in [0.29, 0.717) is 5.75 Å². The summed E-state index contributed by atoms with van der Waals surface area (Å²) in [5.41, 5.74) is 1.97. The molecule has 0 aliphatic heterocycles. The smallest absolute Gasteiger partial charge is 0.345 e. The molecule has 1 N–H and O–H groups in total. The molecule has 0 aromatic heterocycles. The van der Waals surface area contributed by atoms with Crippen LogP contribution in [0.25, 0.3) is 5.70 Å². The Hall–Kier alpha value is -2.62. The lowest BCUT2D eigenvalue weighted by molar-refractivity contribution is -0.129. The Kier molecular flexibility index (Phi) is 5.29. The third-order valence-corrected chi connectivity index (χ3v) is 2.40. The fraction of sp³-hybridized carbons (Fsp3) is 0.0667. The maximum Gasteiger partial charge on any atom is 0.345 e. The Morgan fingerprint density at radius 1 is 1.37 bits per heavy atom. The summed E-state index contributed by atoms with van der Waals surface area (Å²) < 4.78 is 5.17. The molecule has 4 heteroatoms. The lowest BCUT2D eigenvalue weighted by Gasteiger charge is -2.07. The number of nitrogens with zero attached hydrogens (tertiary/aromatic N) is 1. The van der Waals surface area contributed by atoms with Crippen molar-refractivity contribution in [3.05, 3.63) is 60.8 Å². The first kappa shape index (κ1) is 14.4. The monoisotopic (exact) mass is 256 g/mol. The zero-order valence-electron chi connectivity index (χ0n) is 10.8. The lowest BCUT2D eigenvalue weighted by Crippen LogP contribution is -2.10. The van der Waals surface area contributed by atoms with E-state index >= 15 is 0 Å². The van der Waals surface area contributed by atoms with E-state index in [2.05, 4.69) is 30.2 Å². The summed E-state index contributed by atoms with van der Waals surface area (Å²) in [4.78, 5) is 15.2. The molecule has 0 saturated carbocycles. The van der Waals surface area contributed by atoms with Crippen LogP contribution < -0.4 is 10.1 Å². The topological polar surface area (TPSA) is 50.7 Å². The number of carbonyl (C=O) groups excluding carboxylic acids is 1. The average molecular weight is 256 g/mol. The van der Waals surface area contributed by atoms with E-state index < -0.39 is 5.97 Å². The Morgan fingerprint density at radius 2 is 2.00 bits per heavy atom. The van der Waals surface area contributed by atoms with Crippen molar-refractivity contribution < 1.29 is 9.53 Å². The van der Waals surface area contributed by atoms with Crippen LogP contribution in [0.2, 0.25) is 0 Å². The Morgan fingerprint density at radius 3 is 2.47 bits per heavy atom. The normalized spacial score (nSPS) is 10.5. The van der Waals surface area contributed by atoms with Gasteiger partial charge < -0.3 is 10.1 Å². The van der Waals surface area contributed by atoms with Gasteiger partial charge in [-0.15, -0.1) is 0 Å². The predicted molar refractivity (Wildman–Crippen MR) is 78.0 cm³/mol. The van der Waals surface area contributed by atoms with Gasteiger partial charge in [-0.1, -0.05) is 19.2 Å². The molecule has 0 aliphatic carbocycles. The van der Waals surface area contributed by atoms with E-state index in [1.807, 2.05) is 12.1 Å². The fourth-order valence-corrected chi connectivity index (χ4v) is 1.32. The van der Waals surface area contributed by atoms with Gasteiger partial charge in [0.25, 0.3) is 0 Å². The Balaban J connectivity index is 2.81. The third kappa shape index (κ3) is 3.96. The zero-order chi connectivity index (χ0) is 14.3. The molecule has 98 valence electrons. The summed E-state index contributed by atoms with van der Waals surface area (Å²) >= 11 is 0. The molecule has 0 aliphatic rings. The van der Waals surface area contributed by atoms with Gasteiger partial charge in [0.05, 0.1) is 5.57 Å². The van der Waals surface area contributed by atoms with E-state index in [4.69, 9.17) is 4.74 Å². The molecule has 0 atom stereocenters. The number of benzene rings is 1. The zero-order valence-corrected chi connectivity index (χ0v) is 10.8. The van der Waals surface area contributed by atoms with Gasteiger partial charge in [-0.05, 0) is 36.5 Å². The maximum atomic E-state index is 11.7. The van der Waals surface area contributed by atoms with Gasteiger partial charge in [0.1, 0.15) is 5.75 Å². The molecular formula is C15H16N2O2. The van der Waals surface area contributed by atoms with Crippen LogP contribution in [-0.4, -0.2) is 19.7 Å². The number of esters is 1. The van der Waals surface area contributed by atoms with Crippen LogP contribution in [0.5, 0.6) is 5.75 Å². The van der Waals surface area contributed by atoms with Crippen molar-refractivity contribution in [2.75, 3.05) is 7.05 Å². The molecule has 0 unspecified atom stereocenters. The number of aliphatic imine (C=N–C) groups is 1. The highest BCUT2D eigenvalue weighted by Crippen LogP contribution is 2.17. The largest absolute Gasteiger partial charge is 0.423 e. The average Bonchev–Trinajstić information content (AvgIpc) is 2.44. The SMILES string of the molecule is C=C/C(=C\N=C)C(=O)Oc1ccc(C(=C)NC)cc1. The van der Waals surface area contributed by atoms with Crippen LogP contribution in [0, 0.1) is 0 Å². The van der Waals surface area contributed by atoms with E-state index in [1.54, 1.807) is 19.2 Å². The number of hydrogen-bond acceptors (Lipinski definition) is 4. The number of rotatable bonds is 6.